The molecule has 0 atom stereocenters. The zero-order chi connectivity index (χ0) is 13.5. The third-order valence-electron chi connectivity index (χ3n) is 2.48. The standard InChI is InChI=1S/C13H18O5/c1-3-4-5-8-17-12-9(2)6-7-10(11(12)14)18-13(15)16/h6-7,14H,3-5,8H2,1-2H3,(H,15,16). The molecule has 0 aromatic heterocycles. The summed E-state index contributed by atoms with van der Waals surface area (Å²) in [6.07, 6.45) is 1.55. The van der Waals surface area contributed by atoms with E-state index in [4.69, 9.17) is 9.84 Å². The van der Waals surface area contributed by atoms with E-state index in [-0.39, 0.29) is 17.2 Å². The Labute approximate surface area is 106 Å². The van der Waals surface area contributed by atoms with Crippen molar-refractivity contribution in [2.24, 2.45) is 0 Å². The molecule has 0 saturated heterocycles. The number of phenolic OH excluding ortho intramolecular Hbond substituents is 1. The third-order valence-corrected chi connectivity index (χ3v) is 2.48. The Morgan fingerprint density at radius 1 is 1.33 bits per heavy atom. The van der Waals surface area contributed by atoms with Crippen molar-refractivity contribution in [2.75, 3.05) is 6.61 Å². The molecule has 100 valence electrons. The van der Waals surface area contributed by atoms with Crippen LogP contribution in [-0.4, -0.2) is 23.0 Å². The van der Waals surface area contributed by atoms with Crippen LogP contribution in [0.15, 0.2) is 12.1 Å². The van der Waals surface area contributed by atoms with Crippen LogP contribution >= 0.6 is 0 Å². The molecule has 0 aliphatic heterocycles. The minimum Gasteiger partial charge on any atom is -0.502 e. The van der Waals surface area contributed by atoms with E-state index in [1.165, 1.54) is 6.07 Å². The molecule has 0 amide bonds. The predicted octanol–water partition coefficient (Wildman–Crippen LogP) is 3.33. The molecule has 0 fully saturated rings. The summed E-state index contributed by atoms with van der Waals surface area (Å²) in [7, 11) is 0. The van der Waals surface area contributed by atoms with Gasteiger partial charge in [0.2, 0.25) is 5.75 Å². The average molecular weight is 254 g/mol. The highest BCUT2D eigenvalue weighted by molar-refractivity contribution is 5.65. The van der Waals surface area contributed by atoms with Crippen molar-refractivity contribution in [3.8, 4) is 17.2 Å². The Morgan fingerprint density at radius 3 is 2.67 bits per heavy atom. The van der Waals surface area contributed by atoms with Crippen LogP contribution in [0, 0.1) is 6.92 Å². The predicted molar refractivity (Wildman–Crippen MR) is 66.5 cm³/mol. The van der Waals surface area contributed by atoms with Crippen LogP contribution in [0.3, 0.4) is 0 Å². The summed E-state index contributed by atoms with van der Waals surface area (Å²) in [5.41, 5.74) is 0.738. The Morgan fingerprint density at radius 2 is 2.06 bits per heavy atom. The van der Waals surface area contributed by atoms with Crippen LogP contribution in [0.25, 0.3) is 0 Å². The number of unbranched alkanes of at least 4 members (excludes halogenated alkanes) is 2. The number of carboxylic acid groups (broad SMARTS) is 1. The summed E-state index contributed by atoms with van der Waals surface area (Å²) in [4.78, 5) is 10.4. The molecule has 5 heteroatoms. The van der Waals surface area contributed by atoms with Gasteiger partial charge in [-0.2, -0.15) is 0 Å². The topological polar surface area (TPSA) is 76.0 Å². The fraction of sp³-hybridized carbons (Fsp3) is 0.462. The van der Waals surface area contributed by atoms with Crippen molar-refractivity contribution >= 4 is 6.16 Å². The van der Waals surface area contributed by atoms with Crippen LogP contribution in [0.4, 0.5) is 4.79 Å². The van der Waals surface area contributed by atoms with Gasteiger partial charge >= 0.3 is 6.16 Å². The Kier molecular flexibility index (Phi) is 5.30. The summed E-state index contributed by atoms with van der Waals surface area (Å²) in [6, 6.07) is 3.05. The zero-order valence-corrected chi connectivity index (χ0v) is 10.6. The highest BCUT2D eigenvalue weighted by Gasteiger charge is 2.15. The van der Waals surface area contributed by atoms with E-state index in [2.05, 4.69) is 11.7 Å². The molecule has 18 heavy (non-hydrogen) atoms. The van der Waals surface area contributed by atoms with Crippen molar-refractivity contribution in [1.29, 1.82) is 0 Å². The van der Waals surface area contributed by atoms with Gasteiger partial charge in [-0.05, 0) is 25.0 Å². The lowest BCUT2D eigenvalue weighted by Crippen LogP contribution is -2.05. The van der Waals surface area contributed by atoms with E-state index in [0.717, 1.165) is 24.8 Å². The first kappa shape index (κ1) is 14.2. The highest BCUT2D eigenvalue weighted by atomic mass is 16.7. The molecular formula is C13H18O5. The number of hydrogen-bond acceptors (Lipinski definition) is 4. The molecule has 0 saturated carbocycles. The second-order valence-corrected chi connectivity index (χ2v) is 3.98. The van der Waals surface area contributed by atoms with E-state index in [0.29, 0.717) is 6.61 Å². The van der Waals surface area contributed by atoms with Gasteiger partial charge in [-0.25, -0.2) is 4.79 Å². The number of ether oxygens (including phenoxy) is 2. The third kappa shape index (κ3) is 3.84. The Bertz CT molecular complexity index is 414. The number of rotatable bonds is 6. The molecule has 2 N–H and O–H groups in total. The van der Waals surface area contributed by atoms with E-state index in [1.54, 1.807) is 13.0 Å². The number of phenols is 1. The number of benzene rings is 1. The maximum absolute atomic E-state index is 10.4. The zero-order valence-electron chi connectivity index (χ0n) is 10.6. The van der Waals surface area contributed by atoms with Gasteiger partial charge in [0.05, 0.1) is 6.61 Å². The highest BCUT2D eigenvalue weighted by Crippen LogP contribution is 2.38. The van der Waals surface area contributed by atoms with Gasteiger partial charge in [0.25, 0.3) is 0 Å². The monoisotopic (exact) mass is 254 g/mol. The minimum atomic E-state index is -1.47. The molecular weight excluding hydrogens is 236 g/mol. The van der Waals surface area contributed by atoms with E-state index in [9.17, 15) is 9.90 Å². The summed E-state index contributed by atoms with van der Waals surface area (Å²) < 4.78 is 9.92. The van der Waals surface area contributed by atoms with Gasteiger partial charge in [-0.15, -0.1) is 0 Å². The molecule has 1 aromatic carbocycles. The van der Waals surface area contributed by atoms with Crippen LogP contribution in [-0.2, 0) is 0 Å². The second-order valence-electron chi connectivity index (χ2n) is 3.98. The first-order chi connectivity index (χ1) is 8.56. The van der Waals surface area contributed by atoms with Gasteiger partial charge in [0, 0.05) is 0 Å². The van der Waals surface area contributed by atoms with Crippen molar-refractivity contribution in [2.45, 2.75) is 33.1 Å². The summed E-state index contributed by atoms with van der Waals surface area (Å²) in [5, 5.41) is 18.4. The molecule has 1 aromatic rings. The molecule has 0 unspecified atom stereocenters. The molecule has 0 spiro atoms. The van der Waals surface area contributed by atoms with E-state index >= 15 is 0 Å². The second kappa shape index (κ2) is 6.74. The summed E-state index contributed by atoms with van der Waals surface area (Å²) >= 11 is 0. The number of aryl methyl sites for hydroxylation is 1. The summed E-state index contributed by atoms with van der Waals surface area (Å²) in [5.74, 6) is -0.0997. The van der Waals surface area contributed by atoms with E-state index < -0.39 is 6.16 Å². The number of hydrogen-bond donors (Lipinski definition) is 2. The lowest BCUT2D eigenvalue weighted by Gasteiger charge is -2.12. The maximum atomic E-state index is 10.4. The fourth-order valence-electron chi connectivity index (χ4n) is 1.54. The van der Waals surface area contributed by atoms with Crippen LogP contribution in [0.1, 0.15) is 31.7 Å². The average Bonchev–Trinajstić information content (AvgIpc) is 2.31. The Hall–Kier alpha value is -1.91. The molecule has 1 rings (SSSR count). The van der Waals surface area contributed by atoms with Gasteiger partial charge in [-0.3, -0.25) is 0 Å². The SMILES string of the molecule is CCCCCOc1c(C)ccc(OC(=O)O)c1O. The van der Waals surface area contributed by atoms with Crippen molar-refractivity contribution in [3.05, 3.63) is 17.7 Å². The molecule has 0 aliphatic carbocycles. The first-order valence-electron chi connectivity index (χ1n) is 5.92. The number of aromatic hydroxyl groups is 1. The maximum Gasteiger partial charge on any atom is 0.511 e. The van der Waals surface area contributed by atoms with Crippen molar-refractivity contribution in [1.82, 2.24) is 0 Å². The van der Waals surface area contributed by atoms with Gasteiger partial charge < -0.3 is 19.7 Å². The fourth-order valence-corrected chi connectivity index (χ4v) is 1.54. The largest absolute Gasteiger partial charge is 0.511 e. The van der Waals surface area contributed by atoms with Crippen molar-refractivity contribution in [3.63, 3.8) is 0 Å². The van der Waals surface area contributed by atoms with Gasteiger partial charge in [-0.1, -0.05) is 25.8 Å². The van der Waals surface area contributed by atoms with Gasteiger partial charge in [0.15, 0.2) is 11.5 Å². The number of carbonyl (C=O) groups is 1. The molecule has 0 heterocycles. The van der Waals surface area contributed by atoms with Gasteiger partial charge in [0.1, 0.15) is 0 Å². The van der Waals surface area contributed by atoms with Crippen LogP contribution in [0.2, 0.25) is 0 Å². The smallest absolute Gasteiger partial charge is 0.502 e. The van der Waals surface area contributed by atoms with Crippen molar-refractivity contribution < 1.29 is 24.5 Å². The normalized spacial score (nSPS) is 10.1. The lowest BCUT2D eigenvalue weighted by molar-refractivity contribution is 0.142. The quantitative estimate of drug-likeness (QED) is 0.462. The first-order valence-corrected chi connectivity index (χ1v) is 5.92. The molecule has 0 aliphatic rings. The summed E-state index contributed by atoms with van der Waals surface area (Å²) in [6.45, 7) is 4.35. The van der Waals surface area contributed by atoms with Crippen LogP contribution < -0.4 is 9.47 Å². The molecule has 0 radical (unpaired) electrons. The van der Waals surface area contributed by atoms with Crippen LogP contribution in [0.5, 0.6) is 17.2 Å². The molecule has 5 nitrogen and oxygen atoms in total. The minimum absolute atomic E-state index is 0.112. The van der Waals surface area contributed by atoms with E-state index in [1.807, 2.05) is 0 Å². The molecule has 0 bridgehead atoms. The lowest BCUT2D eigenvalue weighted by atomic mass is 10.2. The Balaban J connectivity index is 2.78.